The van der Waals surface area contributed by atoms with Crippen LogP contribution < -0.4 is 10.0 Å². The summed E-state index contributed by atoms with van der Waals surface area (Å²) in [5.74, 6) is 0.0777. The zero-order valence-electron chi connectivity index (χ0n) is 15.9. The summed E-state index contributed by atoms with van der Waals surface area (Å²) in [6.07, 6.45) is 14.4. The minimum atomic E-state index is -3.21. The molecule has 8 heteroatoms. The Morgan fingerprint density at radius 3 is 2.71 bits per heavy atom. The molecule has 0 aromatic carbocycles. The van der Waals surface area contributed by atoms with Crippen LogP contribution >= 0.6 is 0 Å². The van der Waals surface area contributed by atoms with Crippen LogP contribution in [0.3, 0.4) is 0 Å². The van der Waals surface area contributed by atoms with E-state index in [9.17, 15) is 9.00 Å². The summed E-state index contributed by atoms with van der Waals surface area (Å²) in [5, 5.41) is 2.85. The van der Waals surface area contributed by atoms with Gasteiger partial charge in [0.1, 0.15) is 15.6 Å². The summed E-state index contributed by atoms with van der Waals surface area (Å²) in [6.45, 7) is 0. The first-order chi connectivity index (χ1) is 13.5. The van der Waals surface area contributed by atoms with Gasteiger partial charge >= 0.3 is 0 Å². The number of carbonyl (C=O) groups is 1. The first kappa shape index (κ1) is 18.9. The standard InChI is InChI=1S/C20H25N5O2S/c1-25-13-18-16(19(25)20(26)23-15-9-11-22-12-10-15)7-8-17(24-28(18,21)27)14-5-3-2-4-6-14/h7-14,17H,2-6H2,1H3,(H2,21,24,27)(H,22,23,26)/t17-,28?/m0/s1. The number of hydrogen-bond donors (Lipinski definition) is 3. The van der Waals surface area contributed by atoms with Crippen molar-refractivity contribution in [3.05, 3.63) is 48.1 Å². The summed E-state index contributed by atoms with van der Waals surface area (Å²) in [5.41, 5.74) is 1.59. The maximum atomic E-state index is 13.2. The zero-order chi connectivity index (χ0) is 19.7. The number of fused-ring (bicyclic) bond motifs is 1. The highest BCUT2D eigenvalue weighted by Crippen LogP contribution is 2.32. The molecule has 3 heterocycles. The molecule has 1 fully saturated rings. The summed E-state index contributed by atoms with van der Waals surface area (Å²) < 4.78 is 26.4. The molecule has 28 heavy (non-hydrogen) atoms. The van der Waals surface area contributed by atoms with Crippen LogP contribution in [-0.2, 0) is 17.0 Å². The molecule has 1 aliphatic carbocycles. The van der Waals surface area contributed by atoms with E-state index < -0.39 is 9.92 Å². The fourth-order valence-electron chi connectivity index (χ4n) is 4.16. The maximum Gasteiger partial charge on any atom is 0.272 e. The molecule has 1 aliphatic heterocycles. The lowest BCUT2D eigenvalue weighted by atomic mass is 9.84. The molecule has 4 rings (SSSR count). The number of amides is 1. The van der Waals surface area contributed by atoms with E-state index in [1.807, 2.05) is 12.2 Å². The highest BCUT2D eigenvalue weighted by molar-refractivity contribution is 7.90. The van der Waals surface area contributed by atoms with Crippen LogP contribution in [0.25, 0.3) is 6.08 Å². The monoisotopic (exact) mass is 399 g/mol. The van der Waals surface area contributed by atoms with Gasteiger partial charge in [-0.3, -0.25) is 9.78 Å². The molecule has 0 spiro atoms. The fraction of sp³-hybridized carbons (Fsp3) is 0.400. The van der Waals surface area contributed by atoms with Gasteiger partial charge in [-0.05, 0) is 30.9 Å². The molecule has 2 aromatic rings. The third-order valence-corrected chi connectivity index (χ3v) is 7.13. The quantitative estimate of drug-likeness (QED) is 0.736. The van der Waals surface area contributed by atoms with Crippen molar-refractivity contribution in [1.29, 1.82) is 4.78 Å². The first-order valence-corrected chi connectivity index (χ1v) is 11.2. The van der Waals surface area contributed by atoms with E-state index in [2.05, 4.69) is 15.0 Å². The van der Waals surface area contributed by atoms with Gasteiger partial charge in [0.2, 0.25) is 0 Å². The topological polar surface area (TPSA) is 99.9 Å². The molecular weight excluding hydrogens is 374 g/mol. The summed E-state index contributed by atoms with van der Waals surface area (Å²) in [6, 6.07) is 3.31. The average Bonchev–Trinajstić information content (AvgIpc) is 2.97. The minimum Gasteiger partial charge on any atom is -0.345 e. The molecule has 3 N–H and O–H groups in total. The van der Waals surface area contributed by atoms with E-state index in [0.717, 1.165) is 12.8 Å². The zero-order valence-corrected chi connectivity index (χ0v) is 16.7. The van der Waals surface area contributed by atoms with Gasteiger partial charge in [-0.2, -0.15) is 0 Å². The Labute approximate surface area is 165 Å². The first-order valence-electron chi connectivity index (χ1n) is 9.61. The van der Waals surface area contributed by atoms with Crippen molar-refractivity contribution in [2.24, 2.45) is 13.0 Å². The van der Waals surface area contributed by atoms with Gasteiger partial charge in [-0.15, -0.1) is 0 Å². The van der Waals surface area contributed by atoms with Gasteiger partial charge in [-0.1, -0.05) is 31.4 Å². The summed E-state index contributed by atoms with van der Waals surface area (Å²) in [4.78, 5) is 17.2. The van der Waals surface area contributed by atoms with Crippen molar-refractivity contribution in [2.75, 3.05) is 5.32 Å². The van der Waals surface area contributed by atoms with E-state index >= 15 is 0 Å². The Morgan fingerprint density at radius 1 is 1.29 bits per heavy atom. The van der Waals surface area contributed by atoms with Crippen molar-refractivity contribution < 1.29 is 9.00 Å². The van der Waals surface area contributed by atoms with Crippen LogP contribution in [0.15, 0.2) is 41.7 Å². The number of pyridine rings is 1. The van der Waals surface area contributed by atoms with Gasteiger partial charge in [-0.25, -0.2) is 13.7 Å². The van der Waals surface area contributed by atoms with Gasteiger partial charge in [0.15, 0.2) is 0 Å². The lowest BCUT2D eigenvalue weighted by Gasteiger charge is -2.28. The Hall–Kier alpha value is -2.45. The SMILES string of the molecule is Cn1cc2c(c1C(=O)Nc1ccncc1)C=C[C@@H](C1CCCCC1)NS2(=N)=O. The molecule has 2 aliphatic rings. The molecule has 0 saturated heterocycles. The number of hydrogen-bond acceptors (Lipinski definition) is 4. The molecule has 1 unspecified atom stereocenters. The molecule has 7 nitrogen and oxygen atoms in total. The van der Waals surface area contributed by atoms with Crippen molar-refractivity contribution in [3.8, 4) is 0 Å². The van der Waals surface area contributed by atoms with Crippen molar-refractivity contribution in [1.82, 2.24) is 14.3 Å². The number of nitrogens with zero attached hydrogens (tertiary/aromatic N) is 2. The smallest absolute Gasteiger partial charge is 0.272 e. The van der Waals surface area contributed by atoms with E-state index in [0.29, 0.717) is 27.8 Å². The minimum absolute atomic E-state index is 0.112. The fourth-order valence-corrected chi connectivity index (χ4v) is 5.72. The van der Waals surface area contributed by atoms with E-state index in [4.69, 9.17) is 4.78 Å². The third kappa shape index (κ3) is 3.62. The second-order valence-corrected chi connectivity index (χ2v) is 9.30. The highest BCUT2D eigenvalue weighted by Gasteiger charge is 2.31. The van der Waals surface area contributed by atoms with Crippen molar-refractivity contribution >= 4 is 27.6 Å². The molecular formula is C20H25N5O2S. The Morgan fingerprint density at radius 2 is 2.00 bits per heavy atom. The van der Waals surface area contributed by atoms with Crippen LogP contribution in [0.4, 0.5) is 5.69 Å². The van der Waals surface area contributed by atoms with Gasteiger partial charge in [0, 0.05) is 42.9 Å². The summed E-state index contributed by atoms with van der Waals surface area (Å²) in [7, 11) is -1.47. The van der Waals surface area contributed by atoms with Gasteiger partial charge < -0.3 is 9.88 Å². The Kier molecular flexibility index (Phi) is 5.07. The molecule has 0 radical (unpaired) electrons. The number of carbonyl (C=O) groups excluding carboxylic acids is 1. The maximum absolute atomic E-state index is 13.2. The van der Waals surface area contributed by atoms with E-state index in [1.54, 1.807) is 42.3 Å². The van der Waals surface area contributed by atoms with Crippen molar-refractivity contribution in [3.63, 3.8) is 0 Å². The summed E-state index contributed by atoms with van der Waals surface area (Å²) >= 11 is 0. The lowest BCUT2D eigenvalue weighted by molar-refractivity contribution is 0.101. The Bertz CT molecular complexity index is 1000. The van der Waals surface area contributed by atoms with E-state index in [-0.39, 0.29) is 11.9 Å². The largest absolute Gasteiger partial charge is 0.345 e. The molecule has 0 bridgehead atoms. The number of anilines is 1. The van der Waals surface area contributed by atoms with Crippen LogP contribution in [0.2, 0.25) is 0 Å². The average molecular weight is 400 g/mol. The van der Waals surface area contributed by atoms with Crippen LogP contribution in [0.5, 0.6) is 0 Å². The molecule has 1 saturated carbocycles. The highest BCUT2D eigenvalue weighted by atomic mass is 32.2. The van der Waals surface area contributed by atoms with Gasteiger partial charge in [0.05, 0.1) is 4.90 Å². The molecule has 2 aromatic heterocycles. The van der Waals surface area contributed by atoms with Crippen molar-refractivity contribution in [2.45, 2.75) is 43.0 Å². The predicted octanol–water partition coefficient (Wildman–Crippen LogP) is 3.56. The number of rotatable bonds is 3. The normalized spacial score (nSPS) is 25.1. The molecule has 148 valence electrons. The number of aryl methyl sites for hydroxylation is 1. The van der Waals surface area contributed by atoms with Gasteiger partial charge in [0.25, 0.3) is 5.91 Å². The number of nitrogens with one attached hydrogen (secondary N) is 3. The van der Waals surface area contributed by atoms with E-state index in [1.165, 1.54) is 19.3 Å². The Balaban J connectivity index is 1.69. The van der Waals surface area contributed by atoms with Crippen LogP contribution in [0.1, 0.15) is 48.2 Å². The second kappa shape index (κ2) is 7.52. The van der Waals surface area contributed by atoms with Crippen LogP contribution in [0, 0.1) is 10.7 Å². The number of aromatic nitrogens is 2. The van der Waals surface area contributed by atoms with Crippen LogP contribution in [-0.4, -0.2) is 25.7 Å². The third-order valence-electron chi connectivity index (χ3n) is 5.58. The predicted molar refractivity (Wildman–Crippen MR) is 109 cm³/mol. The molecule has 2 atom stereocenters. The molecule has 1 amide bonds. The second-order valence-electron chi connectivity index (χ2n) is 7.51. The lowest BCUT2D eigenvalue weighted by Crippen LogP contribution is -2.38.